The van der Waals surface area contributed by atoms with E-state index in [-0.39, 0.29) is 30.3 Å². The second-order valence-electron chi connectivity index (χ2n) is 9.58. The molecule has 11 nitrogen and oxygen atoms in total. The van der Waals surface area contributed by atoms with E-state index in [0.717, 1.165) is 31.7 Å². The molecule has 0 N–H and O–H groups in total. The maximum absolute atomic E-state index is 13.9. The zero-order chi connectivity index (χ0) is 26.9. The van der Waals surface area contributed by atoms with Crippen LogP contribution in [0.15, 0.2) is 30.6 Å². The summed E-state index contributed by atoms with van der Waals surface area (Å²) in [7, 11) is 0.898. The summed E-state index contributed by atoms with van der Waals surface area (Å²) in [6.45, 7) is 0.546. The first-order chi connectivity index (χ1) is 18.3. The lowest BCUT2D eigenvalue weighted by Crippen LogP contribution is -2.50. The molecule has 38 heavy (non-hydrogen) atoms. The van der Waals surface area contributed by atoms with Gasteiger partial charge in [0.05, 0.1) is 38.0 Å². The Bertz CT molecular complexity index is 1360. The lowest BCUT2D eigenvalue weighted by Gasteiger charge is -2.36. The number of nitrogens with zero attached hydrogens (tertiary/aromatic N) is 6. The second kappa shape index (κ2) is 10.8. The minimum absolute atomic E-state index is 0.148. The molecule has 2 fully saturated rings. The van der Waals surface area contributed by atoms with Crippen LogP contribution < -0.4 is 14.4 Å². The molecule has 1 saturated carbocycles. The van der Waals surface area contributed by atoms with Crippen molar-refractivity contribution in [3.63, 3.8) is 0 Å². The summed E-state index contributed by atoms with van der Waals surface area (Å²) >= 11 is 0. The van der Waals surface area contributed by atoms with Crippen LogP contribution in [0.2, 0.25) is 0 Å². The zero-order valence-corrected chi connectivity index (χ0v) is 22.4. The van der Waals surface area contributed by atoms with Gasteiger partial charge in [-0.15, -0.1) is 10.2 Å². The third-order valence-corrected chi connectivity index (χ3v) is 9.30. The highest BCUT2D eigenvalue weighted by atomic mass is 32.2. The molecule has 1 aliphatic heterocycles. The first-order valence-electron chi connectivity index (χ1n) is 12.5. The number of hydrogen-bond donors (Lipinski definition) is 0. The molecule has 0 bridgehead atoms. The standard InChI is InChI=1S/C25H31FN6O5S/c1-35-18-10-19(14-31(13-18)25-27-11-17(26)12-28-25)38(33,34)15-22-29-30-24(16-6-4-7-16)32(22)23-20(36-2)8-5-9-21(23)37-3/h5,8-9,11-12,16,18-19H,4,6-7,10,13-15H2,1-3H3/t18-,19+/m0/s1. The molecular weight excluding hydrogens is 515 g/mol. The van der Waals surface area contributed by atoms with Gasteiger partial charge < -0.3 is 19.1 Å². The van der Waals surface area contributed by atoms with Gasteiger partial charge in [-0.05, 0) is 31.4 Å². The first kappa shape index (κ1) is 26.3. The number of aromatic nitrogens is 5. The molecule has 1 saturated heterocycles. The number of piperidine rings is 1. The fourth-order valence-electron chi connectivity index (χ4n) is 5.02. The number of rotatable bonds is 9. The van der Waals surface area contributed by atoms with Gasteiger partial charge in [0.25, 0.3) is 0 Å². The van der Waals surface area contributed by atoms with Gasteiger partial charge >= 0.3 is 0 Å². The molecule has 3 aromatic rings. The Morgan fingerprint density at radius 1 is 1.03 bits per heavy atom. The highest BCUT2D eigenvalue weighted by Crippen LogP contribution is 2.41. The van der Waals surface area contributed by atoms with Crippen molar-refractivity contribution < 1.29 is 27.0 Å². The molecule has 5 rings (SSSR count). The van der Waals surface area contributed by atoms with E-state index in [1.54, 1.807) is 42.9 Å². The van der Waals surface area contributed by atoms with Gasteiger partial charge in [0.15, 0.2) is 21.5 Å². The highest BCUT2D eigenvalue weighted by molar-refractivity contribution is 7.91. The molecule has 204 valence electrons. The normalized spacial score (nSPS) is 20.3. The number of methoxy groups -OCH3 is 3. The van der Waals surface area contributed by atoms with E-state index in [2.05, 4.69) is 20.2 Å². The maximum Gasteiger partial charge on any atom is 0.225 e. The van der Waals surface area contributed by atoms with E-state index in [4.69, 9.17) is 14.2 Å². The summed E-state index contributed by atoms with van der Waals surface area (Å²) in [5.74, 6) is 1.57. The lowest BCUT2D eigenvalue weighted by atomic mass is 9.84. The largest absolute Gasteiger partial charge is 0.494 e. The molecule has 2 aromatic heterocycles. The smallest absolute Gasteiger partial charge is 0.225 e. The summed E-state index contributed by atoms with van der Waals surface area (Å²) in [4.78, 5) is 9.79. The van der Waals surface area contributed by atoms with Crippen molar-refractivity contribution in [2.24, 2.45) is 0 Å². The van der Waals surface area contributed by atoms with Crippen molar-refractivity contribution in [3.05, 3.63) is 48.1 Å². The van der Waals surface area contributed by atoms with Crippen LogP contribution >= 0.6 is 0 Å². The Morgan fingerprint density at radius 3 is 2.29 bits per heavy atom. The first-order valence-corrected chi connectivity index (χ1v) is 14.2. The summed E-state index contributed by atoms with van der Waals surface area (Å²) in [5.41, 5.74) is 0.578. The van der Waals surface area contributed by atoms with Crippen molar-refractivity contribution >= 4 is 15.8 Å². The third kappa shape index (κ3) is 5.04. The van der Waals surface area contributed by atoms with Gasteiger partial charge in [0.2, 0.25) is 5.95 Å². The summed E-state index contributed by atoms with van der Waals surface area (Å²) < 4.78 is 59.7. The van der Waals surface area contributed by atoms with E-state index in [1.165, 1.54) is 0 Å². The minimum Gasteiger partial charge on any atom is -0.494 e. The van der Waals surface area contributed by atoms with E-state index in [9.17, 15) is 12.8 Å². The number of para-hydroxylation sites is 1. The van der Waals surface area contributed by atoms with Crippen molar-refractivity contribution in [2.75, 3.05) is 39.3 Å². The van der Waals surface area contributed by atoms with Crippen LogP contribution in [0.25, 0.3) is 5.69 Å². The number of ether oxygens (including phenoxy) is 3. The van der Waals surface area contributed by atoms with Crippen LogP contribution in [0, 0.1) is 5.82 Å². The molecule has 13 heteroatoms. The number of halogens is 1. The van der Waals surface area contributed by atoms with Crippen LogP contribution in [-0.2, 0) is 20.3 Å². The van der Waals surface area contributed by atoms with Crippen molar-refractivity contribution in [2.45, 2.75) is 48.7 Å². The van der Waals surface area contributed by atoms with Gasteiger partial charge in [0, 0.05) is 26.1 Å². The minimum atomic E-state index is -3.76. The molecule has 0 amide bonds. The van der Waals surface area contributed by atoms with E-state index >= 15 is 0 Å². The molecule has 1 aliphatic carbocycles. The van der Waals surface area contributed by atoms with Crippen LogP contribution in [0.3, 0.4) is 0 Å². The average molecular weight is 547 g/mol. The molecule has 2 aliphatic rings. The molecule has 3 heterocycles. The van der Waals surface area contributed by atoms with Crippen LogP contribution in [-0.4, -0.2) is 78.9 Å². The number of anilines is 1. The van der Waals surface area contributed by atoms with Crippen molar-refractivity contribution in [1.82, 2.24) is 24.7 Å². The summed E-state index contributed by atoms with van der Waals surface area (Å²) in [6.07, 6.45) is 5.05. The zero-order valence-electron chi connectivity index (χ0n) is 21.6. The molecule has 1 aromatic carbocycles. The van der Waals surface area contributed by atoms with E-state index in [1.807, 2.05) is 6.07 Å². The van der Waals surface area contributed by atoms with Gasteiger partial charge in [-0.1, -0.05) is 12.5 Å². The van der Waals surface area contributed by atoms with Crippen LogP contribution in [0.5, 0.6) is 11.5 Å². The second-order valence-corrected chi connectivity index (χ2v) is 11.9. The lowest BCUT2D eigenvalue weighted by molar-refractivity contribution is 0.0897. The topological polar surface area (TPSA) is 122 Å². The fourth-order valence-corrected chi connectivity index (χ4v) is 6.72. The number of sulfone groups is 1. The van der Waals surface area contributed by atoms with E-state index in [0.29, 0.717) is 41.8 Å². The Kier molecular flexibility index (Phi) is 7.48. The Hall–Kier alpha value is -3.32. The van der Waals surface area contributed by atoms with Crippen molar-refractivity contribution in [1.29, 1.82) is 0 Å². The summed E-state index contributed by atoms with van der Waals surface area (Å²) in [6, 6.07) is 5.40. The van der Waals surface area contributed by atoms with E-state index < -0.39 is 20.9 Å². The van der Waals surface area contributed by atoms with Gasteiger partial charge in [-0.3, -0.25) is 4.57 Å². The van der Waals surface area contributed by atoms with Crippen LogP contribution in [0.4, 0.5) is 10.3 Å². The predicted molar refractivity (Wildman–Crippen MR) is 137 cm³/mol. The SMILES string of the molecule is COc1cccc(OC)c1-n1c(CS(=O)(=O)[C@@H]2C[C@H](OC)CN(c3ncc(F)cn3)C2)nnc1C1CCC1. The quantitative estimate of drug-likeness (QED) is 0.396. The molecule has 0 unspecified atom stereocenters. The fraction of sp³-hybridized carbons (Fsp3) is 0.520. The molecular formula is C25H31FN6O5S. The van der Waals surface area contributed by atoms with Gasteiger partial charge in [-0.25, -0.2) is 22.8 Å². The Labute approximate surface area is 220 Å². The van der Waals surface area contributed by atoms with Gasteiger partial charge in [0.1, 0.15) is 28.8 Å². The average Bonchev–Trinajstić information content (AvgIpc) is 3.28. The number of hydrogen-bond acceptors (Lipinski definition) is 10. The predicted octanol–water partition coefficient (Wildman–Crippen LogP) is 2.69. The van der Waals surface area contributed by atoms with Gasteiger partial charge in [-0.2, -0.15) is 0 Å². The molecule has 2 atom stereocenters. The number of benzene rings is 1. The van der Waals surface area contributed by atoms with Crippen molar-refractivity contribution in [3.8, 4) is 17.2 Å². The Morgan fingerprint density at radius 2 is 1.71 bits per heavy atom. The third-order valence-electron chi connectivity index (χ3n) is 7.29. The molecule has 0 radical (unpaired) electrons. The molecule has 0 spiro atoms. The Balaban J connectivity index is 1.51. The maximum atomic E-state index is 13.9. The monoisotopic (exact) mass is 546 g/mol. The highest BCUT2D eigenvalue weighted by Gasteiger charge is 2.39. The summed E-state index contributed by atoms with van der Waals surface area (Å²) in [5, 5.41) is 8.02. The van der Waals surface area contributed by atoms with Crippen LogP contribution in [0.1, 0.15) is 43.3 Å².